The molecule has 10 heteroatoms. The Kier molecular flexibility index (Phi) is 7.32. The van der Waals surface area contributed by atoms with Crippen LogP contribution in [-0.2, 0) is 14.8 Å². The molecular weight excluding hydrogens is 374 g/mol. The van der Waals surface area contributed by atoms with Gasteiger partial charge >= 0.3 is 5.69 Å². The molecule has 1 aromatic rings. The Balaban J connectivity index is 3.21. The molecule has 152 valence electrons. The van der Waals surface area contributed by atoms with E-state index in [1.165, 1.54) is 23.4 Å². The fraction of sp³-hybridized carbons (Fsp3) is 0.588. The number of sulfonamides is 1. The summed E-state index contributed by atoms with van der Waals surface area (Å²) in [6, 6.07) is 3.40. The average Bonchev–Trinajstić information content (AvgIpc) is 2.54. The normalized spacial score (nSPS) is 13.3. The van der Waals surface area contributed by atoms with Gasteiger partial charge in [0.15, 0.2) is 11.9 Å². The fourth-order valence-electron chi connectivity index (χ4n) is 2.33. The topological polar surface area (TPSA) is 119 Å². The molecule has 0 heterocycles. The number of carbonyl (C=O) groups excluding carboxylic acids is 1. The molecule has 0 spiro atoms. The summed E-state index contributed by atoms with van der Waals surface area (Å²) in [5.74, 6) is -0.605. The van der Waals surface area contributed by atoms with E-state index >= 15 is 0 Å². The monoisotopic (exact) mass is 401 g/mol. The van der Waals surface area contributed by atoms with Crippen LogP contribution in [0.1, 0.15) is 41.5 Å². The van der Waals surface area contributed by atoms with Crippen LogP contribution < -0.4 is 10.1 Å². The Morgan fingerprint density at radius 2 is 1.85 bits per heavy atom. The van der Waals surface area contributed by atoms with E-state index < -0.39 is 38.2 Å². The minimum Gasteiger partial charge on any atom is -0.474 e. The van der Waals surface area contributed by atoms with Gasteiger partial charge in [0.2, 0.25) is 10.0 Å². The molecule has 1 atom stereocenters. The SMILES string of the molecule is CCN(CC)S(=O)(=O)c1ccc(O[C@H](C)C(=O)NC(C)(C)C)c([N+](=O)[O-])c1. The van der Waals surface area contributed by atoms with Crippen LogP contribution in [0.25, 0.3) is 0 Å². The third-order valence-electron chi connectivity index (χ3n) is 3.64. The van der Waals surface area contributed by atoms with E-state index in [0.29, 0.717) is 0 Å². The lowest BCUT2D eigenvalue weighted by Crippen LogP contribution is -2.46. The Morgan fingerprint density at radius 3 is 2.30 bits per heavy atom. The molecule has 0 unspecified atom stereocenters. The number of rotatable bonds is 8. The fourth-order valence-corrected chi connectivity index (χ4v) is 3.81. The van der Waals surface area contributed by atoms with Crippen molar-refractivity contribution in [2.24, 2.45) is 0 Å². The highest BCUT2D eigenvalue weighted by Gasteiger charge is 2.28. The Morgan fingerprint density at radius 1 is 1.30 bits per heavy atom. The quantitative estimate of drug-likeness (QED) is 0.527. The number of nitrogens with one attached hydrogen (secondary N) is 1. The van der Waals surface area contributed by atoms with Gasteiger partial charge < -0.3 is 10.1 Å². The van der Waals surface area contributed by atoms with Crippen molar-refractivity contribution < 1.29 is 22.9 Å². The molecule has 0 aliphatic rings. The summed E-state index contributed by atoms with van der Waals surface area (Å²) in [6.45, 7) is 10.7. The maximum Gasteiger partial charge on any atom is 0.312 e. The van der Waals surface area contributed by atoms with E-state index in [1.54, 1.807) is 34.6 Å². The average molecular weight is 401 g/mol. The second-order valence-corrected chi connectivity index (χ2v) is 8.91. The van der Waals surface area contributed by atoms with Crippen LogP contribution in [0.15, 0.2) is 23.1 Å². The van der Waals surface area contributed by atoms with Gasteiger partial charge in [0.25, 0.3) is 5.91 Å². The molecule has 1 aromatic carbocycles. The van der Waals surface area contributed by atoms with Crippen molar-refractivity contribution in [2.75, 3.05) is 13.1 Å². The first-order chi connectivity index (χ1) is 12.3. The molecule has 0 saturated carbocycles. The standard InChI is InChI=1S/C17H27N3O6S/c1-7-19(8-2)27(24,25)13-9-10-15(14(11-13)20(22)23)26-12(3)16(21)18-17(4,5)6/h9-12H,7-8H2,1-6H3,(H,18,21)/t12-/m1/s1. The lowest BCUT2D eigenvalue weighted by Gasteiger charge is -2.23. The molecule has 0 fully saturated rings. The van der Waals surface area contributed by atoms with Crippen molar-refractivity contribution in [3.05, 3.63) is 28.3 Å². The van der Waals surface area contributed by atoms with E-state index in [9.17, 15) is 23.3 Å². The van der Waals surface area contributed by atoms with Crippen LogP contribution in [0.2, 0.25) is 0 Å². The second-order valence-electron chi connectivity index (χ2n) is 6.98. The van der Waals surface area contributed by atoms with Crippen LogP contribution >= 0.6 is 0 Å². The van der Waals surface area contributed by atoms with Gasteiger partial charge in [-0.25, -0.2) is 8.42 Å². The number of ether oxygens (including phenoxy) is 1. The summed E-state index contributed by atoms with van der Waals surface area (Å²) >= 11 is 0. The number of carbonyl (C=O) groups is 1. The van der Waals surface area contributed by atoms with Crippen molar-refractivity contribution in [3.8, 4) is 5.75 Å². The molecule has 9 nitrogen and oxygen atoms in total. The molecule has 0 bridgehead atoms. The highest BCUT2D eigenvalue weighted by atomic mass is 32.2. The Bertz CT molecular complexity index is 797. The predicted octanol–water partition coefficient (Wildman–Crippen LogP) is 2.31. The van der Waals surface area contributed by atoms with E-state index in [2.05, 4.69) is 5.32 Å². The van der Waals surface area contributed by atoms with Crippen molar-refractivity contribution >= 4 is 21.6 Å². The third-order valence-corrected chi connectivity index (χ3v) is 5.69. The first-order valence-corrected chi connectivity index (χ1v) is 10.0. The number of benzene rings is 1. The van der Waals surface area contributed by atoms with Crippen LogP contribution in [-0.4, -0.2) is 48.3 Å². The van der Waals surface area contributed by atoms with Gasteiger partial charge in [0.1, 0.15) is 0 Å². The van der Waals surface area contributed by atoms with Gasteiger partial charge in [-0.2, -0.15) is 4.31 Å². The van der Waals surface area contributed by atoms with E-state index in [4.69, 9.17) is 4.74 Å². The molecule has 0 aromatic heterocycles. The summed E-state index contributed by atoms with van der Waals surface area (Å²) in [5.41, 5.74) is -0.999. The number of amides is 1. The number of nitro benzene ring substituents is 1. The van der Waals surface area contributed by atoms with E-state index in [-0.39, 0.29) is 23.7 Å². The lowest BCUT2D eigenvalue weighted by atomic mass is 10.1. The molecule has 0 aliphatic heterocycles. The van der Waals surface area contributed by atoms with Crippen molar-refractivity contribution in [2.45, 2.75) is 58.1 Å². The number of nitro groups is 1. The first-order valence-electron chi connectivity index (χ1n) is 8.60. The molecule has 27 heavy (non-hydrogen) atoms. The van der Waals surface area contributed by atoms with Crippen LogP contribution in [0.3, 0.4) is 0 Å². The van der Waals surface area contributed by atoms with Crippen LogP contribution in [0.5, 0.6) is 5.75 Å². The first kappa shape index (κ1) is 22.8. The minimum atomic E-state index is -3.85. The zero-order chi connectivity index (χ0) is 21.0. The maximum atomic E-state index is 12.6. The predicted molar refractivity (Wildman–Crippen MR) is 101 cm³/mol. The van der Waals surface area contributed by atoms with Gasteiger partial charge in [0.05, 0.1) is 9.82 Å². The third kappa shape index (κ3) is 5.90. The van der Waals surface area contributed by atoms with Gasteiger partial charge in [0, 0.05) is 24.7 Å². The summed E-state index contributed by atoms with van der Waals surface area (Å²) in [5, 5.41) is 14.1. The highest BCUT2D eigenvalue weighted by molar-refractivity contribution is 7.89. The largest absolute Gasteiger partial charge is 0.474 e. The molecular formula is C17H27N3O6S. The summed E-state index contributed by atoms with van der Waals surface area (Å²) in [6.07, 6.45) is -0.992. The van der Waals surface area contributed by atoms with Crippen molar-refractivity contribution in [1.29, 1.82) is 0 Å². The van der Waals surface area contributed by atoms with Crippen LogP contribution in [0, 0.1) is 10.1 Å². The number of hydrogen-bond donors (Lipinski definition) is 1. The smallest absolute Gasteiger partial charge is 0.312 e. The summed E-state index contributed by atoms with van der Waals surface area (Å²) < 4.78 is 31.8. The van der Waals surface area contributed by atoms with Gasteiger partial charge in [-0.3, -0.25) is 14.9 Å². The molecule has 1 rings (SSSR count). The Hall–Kier alpha value is -2.20. The van der Waals surface area contributed by atoms with Crippen molar-refractivity contribution in [1.82, 2.24) is 9.62 Å². The molecule has 1 N–H and O–H groups in total. The zero-order valence-electron chi connectivity index (χ0n) is 16.5. The van der Waals surface area contributed by atoms with Gasteiger partial charge in [-0.1, -0.05) is 13.8 Å². The minimum absolute atomic E-state index is 0.171. The zero-order valence-corrected chi connectivity index (χ0v) is 17.3. The molecule has 0 saturated heterocycles. The lowest BCUT2D eigenvalue weighted by molar-refractivity contribution is -0.386. The number of hydrogen-bond acceptors (Lipinski definition) is 6. The van der Waals surface area contributed by atoms with Gasteiger partial charge in [-0.15, -0.1) is 0 Å². The van der Waals surface area contributed by atoms with E-state index in [0.717, 1.165) is 6.07 Å². The summed E-state index contributed by atoms with van der Waals surface area (Å²) in [7, 11) is -3.85. The van der Waals surface area contributed by atoms with Gasteiger partial charge in [-0.05, 0) is 39.8 Å². The second kappa shape index (κ2) is 8.66. The molecule has 1 amide bonds. The van der Waals surface area contributed by atoms with Crippen LogP contribution in [0.4, 0.5) is 5.69 Å². The summed E-state index contributed by atoms with van der Waals surface area (Å²) in [4.78, 5) is 22.6. The maximum absolute atomic E-state index is 12.6. The Labute approximate surface area is 159 Å². The molecule has 0 aliphatic carbocycles. The molecule has 0 radical (unpaired) electrons. The number of nitrogens with zero attached hydrogens (tertiary/aromatic N) is 2. The van der Waals surface area contributed by atoms with E-state index in [1.807, 2.05) is 0 Å². The highest BCUT2D eigenvalue weighted by Crippen LogP contribution is 2.31. The van der Waals surface area contributed by atoms with Crippen molar-refractivity contribution in [3.63, 3.8) is 0 Å².